The van der Waals surface area contributed by atoms with Crippen LogP contribution in [-0.4, -0.2) is 55.9 Å². The molecule has 8 nitrogen and oxygen atoms in total. The molecule has 8 heteroatoms. The number of carbonyl (C=O) groups is 1. The van der Waals surface area contributed by atoms with Crippen molar-refractivity contribution in [1.29, 1.82) is 0 Å². The zero-order valence-corrected chi connectivity index (χ0v) is 13.5. The van der Waals surface area contributed by atoms with Gasteiger partial charge in [0.15, 0.2) is 0 Å². The highest BCUT2D eigenvalue weighted by atomic mass is 16.4. The number of aromatic amines is 1. The topological polar surface area (TPSA) is 107 Å². The van der Waals surface area contributed by atoms with Gasteiger partial charge in [-0.25, -0.2) is 14.8 Å². The van der Waals surface area contributed by atoms with Gasteiger partial charge in [-0.15, -0.1) is 0 Å². The van der Waals surface area contributed by atoms with Crippen LogP contribution in [0.2, 0.25) is 0 Å². The Kier molecular flexibility index (Phi) is 3.93. The van der Waals surface area contributed by atoms with Crippen molar-refractivity contribution in [2.75, 3.05) is 25.0 Å². The molecule has 1 atom stereocenters. The summed E-state index contributed by atoms with van der Waals surface area (Å²) in [5, 5.41) is 20.0. The first-order valence-corrected chi connectivity index (χ1v) is 8.17. The number of benzene rings is 1. The predicted octanol–water partition coefficient (Wildman–Crippen LogP) is 2.43. The summed E-state index contributed by atoms with van der Waals surface area (Å²) in [7, 11) is 0. The number of carboxylic acid groups (broad SMARTS) is 1. The molecular formula is C17H18N6O2. The van der Waals surface area contributed by atoms with Crippen LogP contribution in [0.15, 0.2) is 36.8 Å². The second kappa shape index (κ2) is 6.39. The monoisotopic (exact) mass is 338 g/mol. The summed E-state index contributed by atoms with van der Waals surface area (Å²) in [4.78, 5) is 21.3. The Labute approximate surface area is 143 Å². The molecule has 2 aromatic heterocycles. The summed E-state index contributed by atoms with van der Waals surface area (Å²) in [5.74, 6) is 0.846. The van der Waals surface area contributed by atoms with Crippen LogP contribution >= 0.6 is 0 Å². The largest absolute Gasteiger partial charge is 0.465 e. The molecule has 0 aliphatic carbocycles. The van der Waals surface area contributed by atoms with Crippen molar-refractivity contribution in [3.63, 3.8) is 0 Å². The lowest BCUT2D eigenvalue weighted by Crippen LogP contribution is -2.28. The first kappa shape index (κ1) is 15.4. The second-order valence-corrected chi connectivity index (χ2v) is 6.22. The maximum atomic E-state index is 11.0. The van der Waals surface area contributed by atoms with E-state index in [4.69, 9.17) is 5.11 Å². The fourth-order valence-electron chi connectivity index (χ4n) is 3.11. The molecule has 0 radical (unpaired) electrons. The summed E-state index contributed by atoms with van der Waals surface area (Å²) in [6, 6.07) is 6.01. The van der Waals surface area contributed by atoms with Crippen LogP contribution in [-0.2, 0) is 0 Å². The molecule has 1 fully saturated rings. The van der Waals surface area contributed by atoms with Crippen molar-refractivity contribution in [2.24, 2.45) is 5.92 Å². The minimum atomic E-state index is -0.851. The lowest BCUT2D eigenvalue weighted by atomic mass is 10.1. The summed E-state index contributed by atoms with van der Waals surface area (Å²) >= 11 is 0. The van der Waals surface area contributed by atoms with Crippen LogP contribution in [0.1, 0.15) is 6.42 Å². The van der Waals surface area contributed by atoms with E-state index >= 15 is 0 Å². The molecule has 1 amide bonds. The number of anilines is 1. The molecule has 3 heterocycles. The fourth-order valence-corrected chi connectivity index (χ4v) is 3.11. The Hall–Kier alpha value is -3.16. The molecule has 1 aromatic carbocycles. The van der Waals surface area contributed by atoms with Gasteiger partial charge >= 0.3 is 6.09 Å². The van der Waals surface area contributed by atoms with E-state index in [1.165, 1.54) is 4.90 Å². The quantitative estimate of drug-likeness (QED) is 0.674. The third kappa shape index (κ3) is 3.23. The molecule has 3 N–H and O–H groups in total. The SMILES string of the molecule is O=C(O)N1CC[C@H](CNc2ncc3ccc(-c4cn[nH]c4)cc3n2)C1. The first-order chi connectivity index (χ1) is 12.2. The molecule has 1 aliphatic rings. The molecule has 0 spiro atoms. The van der Waals surface area contributed by atoms with Gasteiger partial charge in [-0.05, 0) is 24.0 Å². The highest BCUT2D eigenvalue weighted by Gasteiger charge is 2.25. The van der Waals surface area contributed by atoms with Gasteiger partial charge in [0, 0.05) is 43.0 Å². The van der Waals surface area contributed by atoms with Crippen molar-refractivity contribution in [2.45, 2.75) is 6.42 Å². The summed E-state index contributed by atoms with van der Waals surface area (Å²) < 4.78 is 0. The molecule has 3 aromatic rings. The van der Waals surface area contributed by atoms with Crippen molar-refractivity contribution in [1.82, 2.24) is 25.1 Å². The van der Waals surface area contributed by atoms with E-state index in [-0.39, 0.29) is 5.92 Å². The minimum Gasteiger partial charge on any atom is -0.465 e. The Bertz CT molecular complexity index is 895. The smallest absolute Gasteiger partial charge is 0.407 e. The number of rotatable bonds is 4. The van der Waals surface area contributed by atoms with Gasteiger partial charge in [0.25, 0.3) is 0 Å². The van der Waals surface area contributed by atoms with Gasteiger partial charge in [-0.3, -0.25) is 5.10 Å². The number of amides is 1. The van der Waals surface area contributed by atoms with Crippen LogP contribution in [0, 0.1) is 5.92 Å². The third-order valence-corrected chi connectivity index (χ3v) is 4.52. The van der Waals surface area contributed by atoms with E-state index < -0.39 is 6.09 Å². The maximum absolute atomic E-state index is 11.0. The van der Waals surface area contributed by atoms with Crippen molar-refractivity contribution in [3.8, 4) is 11.1 Å². The number of H-pyrrole nitrogens is 1. The van der Waals surface area contributed by atoms with E-state index in [2.05, 4.69) is 25.5 Å². The number of nitrogens with zero attached hydrogens (tertiary/aromatic N) is 4. The van der Waals surface area contributed by atoms with Crippen LogP contribution in [0.5, 0.6) is 0 Å². The number of hydrogen-bond donors (Lipinski definition) is 3. The molecule has 0 unspecified atom stereocenters. The average Bonchev–Trinajstić information content (AvgIpc) is 3.31. The number of fused-ring (bicyclic) bond motifs is 1. The average molecular weight is 338 g/mol. The van der Waals surface area contributed by atoms with Gasteiger partial charge < -0.3 is 15.3 Å². The molecule has 0 bridgehead atoms. The zero-order valence-electron chi connectivity index (χ0n) is 13.5. The van der Waals surface area contributed by atoms with E-state index in [1.807, 2.05) is 24.4 Å². The lowest BCUT2D eigenvalue weighted by Gasteiger charge is -2.13. The van der Waals surface area contributed by atoms with Gasteiger partial charge in [0.05, 0.1) is 11.7 Å². The maximum Gasteiger partial charge on any atom is 0.407 e. The summed E-state index contributed by atoms with van der Waals surface area (Å²) in [6.45, 7) is 1.81. The van der Waals surface area contributed by atoms with Crippen LogP contribution in [0.3, 0.4) is 0 Å². The minimum absolute atomic E-state index is 0.285. The highest BCUT2D eigenvalue weighted by molar-refractivity contribution is 5.84. The van der Waals surface area contributed by atoms with E-state index in [0.717, 1.165) is 28.5 Å². The Balaban J connectivity index is 1.48. The van der Waals surface area contributed by atoms with E-state index in [9.17, 15) is 4.79 Å². The Morgan fingerprint density at radius 3 is 3.04 bits per heavy atom. The summed E-state index contributed by atoms with van der Waals surface area (Å²) in [5.41, 5.74) is 2.91. The molecule has 1 aliphatic heterocycles. The Morgan fingerprint density at radius 2 is 2.28 bits per heavy atom. The van der Waals surface area contributed by atoms with Crippen molar-refractivity contribution in [3.05, 3.63) is 36.8 Å². The van der Waals surface area contributed by atoms with Crippen molar-refractivity contribution < 1.29 is 9.90 Å². The van der Waals surface area contributed by atoms with E-state index in [1.54, 1.807) is 12.4 Å². The van der Waals surface area contributed by atoms with Crippen LogP contribution < -0.4 is 5.32 Å². The Morgan fingerprint density at radius 1 is 1.36 bits per heavy atom. The standard InChI is InChI=1S/C17H18N6O2/c24-17(25)23-4-3-11(10-23)6-18-16-19-7-13-2-1-12(5-15(13)22-16)14-8-20-21-9-14/h1-2,5,7-9,11H,3-4,6,10H2,(H,20,21)(H,24,25)(H,18,19,22)/t11-/m1/s1. The van der Waals surface area contributed by atoms with Crippen molar-refractivity contribution >= 4 is 22.9 Å². The predicted molar refractivity (Wildman–Crippen MR) is 93.3 cm³/mol. The first-order valence-electron chi connectivity index (χ1n) is 8.17. The number of hydrogen-bond acceptors (Lipinski definition) is 5. The molecule has 4 rings (SSSR count). The van der Waals surface area contributed by atoms with Gasteiger partial charge in [-0.1, -0.05) is 12.1 Å². The van der Waals surface area contributed by atoms with Gasteiger partial charge in [0.1, 0.15) is 0 Å². The third-order valence-electron chi connectivity index (χ3n) is 4.52. The van der Waals surface area contributed by atoms with Crippen LogP contribution in [0.4, 0.5) is 10.7 Å². The molecule has 1 saturated heterocycles. The van der Waals surface area contributed by atoms with Gasteiger partial charge in [0.2, 0.25) is 5.95 Å². The molecule has 25 heavy (non-hydrogen) atoms. The lowest BCUT2D eigenvalue weighted by molar-refractivity contribution is 0.154. The fraction of sp³-hybridized carbons (Fsp3) is 0.294. The van der Waals surface area contributed by atoms with Gasteiger partial charge in [-0.2, -0.15) is 5.10 Å². The molecule has 0 saturated carbocycles. The number of likely N-dealkylation sites (tertiary alicyclic amines) is 1. The number of nitrogens with one attached hydrogen (secondary N) is 2. The second-order valence-electron chi connectivity index (χ2n) is 6.22. The van der Waals surface area contributed by atoms with Crippen LogP contribution in [0.25, 0.3) is 22.0 Å². The molecule has 128 valence electrons. The summed E-state index contributed by atoms with van der Waals surface area (Å²) in [6.07, 6.45) is 5.42. The van der Waals surface area contributed by atoms with E-state index in [0.29, 0.717) is 25.6 Å². The number of aromatic nitrogens is 4. The highest BCUT2D eigenvalue weighted by Crippen LogP contribution is 2.23. The normalized spacial score (nSPS) is 17.1. The zero-order chi connectivity index (χ0) is 17.2. The molecular weight excluding hydrogens is 320 g/mol.